The van der Waals surface area contributed by atoms with Crippen molar-refractivity contribution in [2.24, 2.45) is 0 Å². The van der Waals surface area contributed by atoms with Crippen LogP contribution in [0.15, 0.2) is 18.2 Å². The van der Waals surface area contributed by atoms with Crippen LogP contribution in [-0.2, 0) is 16.0 Å². The first-order valence-corrected chi connectivity index (χ1v) is 5.99. The second-order valence-corrected chi connectivity index (χ2v) is 4.13. The van der Waals surface area contributed by atoms with Crippen LogP contribution < -0.4 is 10.6 Å². The van der Waals surface area contributed by atoms with Crippen LogP contribution in [0.5, 0.6) is 0 Å². The summed E-state index contributed by atoms with van der Waals surface area (Å²) in [4.78, 5) is 13.8. The minimum atomic E-state index is 0.0124. The molecule has 2 rings (SSSR count). The van der Waals surface area contributed by atoms with Gasteiger partial charge in [-0.15, -0.1) is 0 Å². The first-order chi connectivity index (χ1) is 8.24. The van der Waals surface area contributed by atoms with Crippen molar-refractivity contribution < 1.29 is 9.53 Å². The number of benzene rings is 1. The maximum absolute atomic E-state index is 12.0. The van der Waals surface area contributed by atoms with E-state index >= 15 is 0 Å². The number of rotatable bonds is 3. The number of carbonyl (C=O) groups excluding carboxylic acids is 1. The number of anilines is 2. The van der Waals surface area contributed by atoms with Crippen molar-refractivity contribution in [3.63, 3.8) is 0 Å². The highest BCUT2D eigenvalue weighted by molar-refractivity contribution is 5.96. The number of hydrogen-bond acceptors (Lipinski definition) is 3. The lowest BCUT2D eigenvalue weighted by Crippen LogP contribution is -2.38. The highest BCUT2D eigenvalue weighted by atomic mass is 16.5. The van der Waals surface area contributed by atoms with Crippen molar-refractivity contribution in [1.29, 1.82) is 0 Å². The van der Waals surface area contributed by atoms with Crippen LogP contribution >= 0.6 is 0 Å². The van der Waals surface area contributed by atoms with E-state index in [0.717, 1.165) is 36.3 Å². The molecule has 17 heavy (non-hydrogen) atoms. The van der Waals surface area contributed by atoms with Crippen LogP contribution in [0.25, 0.3) is 0 Å². The molecule has 0 fully saturated rings. The third-order valence-electron chi connectivity index (χ3n) is 3.02. The second-order valence-electron chi connectivity index (χ2n) is 4.13. The first kappa shape index (κ1) is 11.9. The summed E-state index contributed by atoms with van der Waals surface area (Å²) in [5.41, 5.74) is 8.74. The van der Waals surface area contributed by atoms with E-state index in [0.29, 0.717) is 6.61 Å². The van der Waals surface area contributed by atoms with E-state index in [-0.39, 0.29) is 12.5 Å². The van der Waals surface area contributed by atoms with Crippen molar-refractivity contribution >= 4 is 17.3 Å². The van der Waals surface area contributed by atoms with Crippen molar-refractivity contribution in [2.75, 3.05) is 30.4 Å². The van der Waals surface area contributed by atoms with Crippen molar-refractivity contribution in [3.8, 4) is 0 Å². The molecule has 1 amide bonds. The molecule has 0 radical (unpaired) electrons. The topological polar surface area (TPSA) is 55.6 Å². The third-order valence-corrected chi connectivity index (χ3v) is 3.02. The van der Waals surface area contributed by atoms with Crippen molar-refractivity contribution in [2.45, 2.75) is 19.8 Å². The van der Waals surface area contributed by atoms with E-state index in [1.807, 2.05) is 25.1 Å². The molecule has 0 aromatic heterocycles. The van der Waals surface area contributed by atoms with E-state index in [2.05, 4.69) is 0 Å². The van der Waals surface area contributed by atoms with Gasteiger partial charge >= 0.3 is 0 Å². The van der Waals surface area contributed by atoms with Gasteiger partial charge in [-0.2, -0.15) is 0 Å². The van der Waals surface area contributed by atoms with E-state index in [1.54, 1.807) is 4.90 Å². The molecule has 0 bridgehead atoms. The predicted molar refractivity (Wildman–Crippen MR) is 68.0 cm³/mol. The van der Waals surface area contributed by atoms with Crippen LogP contribution in [-0.4, -0.2) is 25.7 Å². The zero-order chi connectivity index (χ0) is 12.3. The summed E-state index contributed by atoms with van der Waals surface area (Å²) in [6.07, 6.45) is 1.90. The monoisotopic (exact) mass is 234 g/mol. The summed E-state index contributed by atoms with van der Waals surface area (Å²) in [7, 11) is 0. The molecule has 1 aromatic carbocycles. The maximum atomic E-state index is 12.0. The van der Waals surface area contributed by atoms with Gasteiger partial charge in [0.15, 0.2) is 0 Å². The fourth-order valence-electron chi connectivity index (χ4n) is 2.18. The Morgan fingerprint density at radius 2 is 2.35 bits per heavy atom. The van der Waals surface area contributed by atoms with Gasteiger partial charge in [0.2, 0.25) is 0 Å². The van der Waals surface area contributed by atoms with Crippen LogP contribution in [0, 0.1) is 0 Å². The van der Waals surface area contributed by atoms with Gasteiger partial charge in [-0.1, -0.05) is 6.07 Å². The highest BCUT2D eigenvalue weighted by Gasteiger charge is 2.23. The highest BCUT2D eigenvalue weighted by Crippen LogP contribution is 2.31. The number of amides is 1. The Kier molecular flexibility index (Phi) is 3.64. The lowest BCUT2D eigenvalue weighted by atomic mass is 10.00. The van der Waals surface area contributed by atoms with E-state index in [9.17, 15) is 4.79 Å². The lowest BCUT2D eigenvalue weighted by Gasteiger charge is -2.30. The van der Waals surface area contributed by atoms with Gasteiger partial charge in [0.05, 0.1) is 0 Å². The van der Waals surface area contributed by atoms with Gasteiger partial charge in [0.1, 0.15) is 6.61 Å². The normalized spacial score (nSPS) is 14.5. The third kappa shape index (κ3) is 2.42. The number of carbonyl (C=O) groups is 1. The van der Waals surface area contributed by atoms with E-state index in [1.165, 1.54) is 0 Å². The quantitative estimate of drug-likeness (QED) is 0.808. The molecule has 1 aliphatic heterocycles. The fourth-order valence-corrected chi connectivity index (χ4v) is 2.18. The number of ether oxygens (including phenoxy) is 1. The van der Waals surface area contributed by atoms with Crippen LogP contribution in [0.3, 0.4) is 0 Å². The van der Waals surface area contributed by atoms with Gasteiger partial charge < -0.3 is 15.4 Å². The van der Waals surface area contributed by atoms with Gasteiger partial charge in [-0.25, -0.2) is 0 Å². The number of hydrogen-bond donors (Lipinski definition) is 1. The van der Waals surface area contributed by atoms with Gasteiger partial charge in [-0.05, 0) is 37.5 Å². The number of nitrogens with zero attached hydrogens (tertiary/aromatic N) is 1. The van der Waals surface area contributed by atoms with Crippen LogP contribution in [0.1, 0.15) is 18.9 Å². The molecular formula is C13H18N2O2. The van der Waals surface area contributed by atoms with Crippen molar-refractivity contribution in [3.05, 3.63) is 23.8 Å². The lowest BCUT2D eigenvalue weighted by molar-refractivity contribution is -0.123. The smallest absolute Gasteiger partial charge is 0.252 e. The molecule has 1 aromatic rings. The van der Waals surface area contributed by atoms with Crippen molar-refractivity contribution in [1.82, 2.24) is 0 Å². The molecule has 0 aliphatic carbocycles. The molecule has 1 heterocycles. The average molecular weight is 234 g/mol. The molecule has 0 saturated heterocycles. The maximum Gasteiger partial charge on any atom is 0.252 e. The Hall–Kier alpha value is -1.55. The molecule has 0 spiro atoms. The Morgan fingerprint density at radius 3 is 3.12 bits per heavy atom. The SMILES string of the molecule is CCOCC(=O)N1CCCc2c(N)cccc21. The molecule has 0 atom stereocenters. The predicted octanol–water partition coefficient (Wildman–Crippen LogP) is 1.58. The molecule has 0 unspecified atom stereocenters. The van der Waals surface area contributed by atoms with Gasteiger partial charge in [0, 0.05) is 24.5 Å². The standard InChI is InChI=1S/C13H18N2O2/c1-2-17-9-13(16)15-8-4-5-10-11(14)6-3-7-12(10)15/h3,6-7H,2,4-5,8-9,14H2,1H3. The molecule has 4 heteroatoms. The summed E-state index contributed by atoms with van der Waals surface area (Å²) < 4.78 is 5.17. The summed E-state index contributed by atoms with van der Waals surface area (Å²) in [6, 6.07) is 5.73. The first-order valence-electron chi connectivity index (χ1n) is 5.99. The Bertz CT molecular complexity index is 418. The Morgan fingerprint density at radius 1 is 1.53 bits per heavy atom. The Balaban J connectivity index is 2.22. The summed E-state index contributed by atoms with van der Waals surface area (Å²) in [5, 5.41) is 0. The molecule has 0 saturated carbocycles. The zero-order valence-electron chi connectivity index (χ0n) is 10.1. The van der Waals surface area contributed by atoms with Crippen LogP contribution in [0.4, 0.5) is 11.4 Å². The molecule has 2 N–H and O–H groups in total. The van der Waals surface area contributed by atoms with E-state index < -0.39 is 0 Å². The summed E-state index contributed by atoms with van der Waals surface area (Å²) in [6.45, 7) is 3.34. The molecule has 1 aliphatic rings. The fraction of sp³-hybridized carbons (Fsp3) is 0.462. The summed E-state index contributed by atoms with van der Waals surface area (Å²) in [5.74, 6) is 0.0124. The minimum Gasteiger partial charge on any atom is -0.398 e. The Labute approximate surface area is 101 Å². The summed E-state index contributed by atoms with van der Waals surface area (Å²) >= 11 is 0. The number of fused-ring (bicyclic) bond motifs is 1. The molecule has 4 nitrogen and oxygen atoms in total. The largest absolute Gasteiger partial charge is 0.398 e. The minimum absolute atomic E-state index is 0.0124. The van der Waals surface area contributed by atoms with E-state index in [4.69, 9.17) is 10.5 Å². The van der Waals surface area contributed by atoms with Gasteiger partial charge in [0.25, 0.3) is 5.91 Å². The zero-order valence-corrected chi connectivity index (χ0v) is 10.1. The average Bonchev–Trinajstić information content (AvgIpc) is 2.36. The number of nitrogen functional groups attached to an aromatic ring is 1. The molecular weight excluding hydrogens is 216 g/mol. The van der Waals surface area contributed by atoms with Crippen LogP contribution in [0.2, 0.25) is 0 Å². The van der Waals surface area contributed by atoms with Gasteiger partial charge in [-0.3, -0.25) is 4.79 Å². The molecule has 92 valence electrons. The number of nitrogens with two attached hydrogens (primary N) is 1. The second kappa shape index (κ2) is 5.19.